The largest absolute Gasteiger partial charge is 0.285 e. The van der Waals surface area contributed by atoms with E-state index in [2.05, 4.69) is 14.4 Å². The van der Waals surface area contributed by atoms with Crippen molar-refractivity contribution in [1.29, 1.82) is 0 Å². The Kier molecular flexibility index (Phi) is 1.99. The molecule has 50 valence electrons. The molecule has 0 saturated carbocycles. The molecule has 1 amide bonds. The van der Waals surface area contributed by atoms with Crippen molar-refractivity contribution in [3.63, 3.8) is 0 Å². The summed E-state index contributed by atoms with van der Waals surface area (Å²) in [7, 11) is 0. The molecule has 0 fully saturated rings. The van der Waals surface area contributed by atoms with Crippen LogP contribution in [-0.4, -0.2) is 10.3 Å². The van der Waals surface area contributed by atoms with Crippen LogP contribution in [0.3, 0.4) is 0 Å². The minimum absolute atomic E-state index is 0.197. The maximum atomic E-state index is 10.6. The molecule has 6 heteroatoms. The topological polar surface area (TPSA) is 78.7 Å². The van der Waals surface area contributed by atoms with Gasteiger partial charge in [0.15, 0.2) is 0 Å². The van der Waals surface area contributed by atoms with Crippen LogP contribution in [0.5, 0.6) is 0 Å². The zero-order valence-electron chi connectivity index (χ0n) is 4.76. The van der Waals surface area contributed by atoms with E-state index in [1.165, 1.54) is 6.07 Å². The SMILES string of the molecule is [N-]=[N+]=NC(=O)c1ccsn1. The smallest absolute Gasteiger partial charge is 0.268 e. The molecule has 1 aromatic heterocycles. The van der Waals surface area contributed by atoms with E-state index in [0.717, 1.165) is 11.5 Å². The van der Waals surface area contributed by atoms with Gasteiger partial charge in [0.2, 0.25) is 0 Å². The number of hydrogen-bond acceptors (Lipinski definition) is 3. The number of azide groups is 1. The van der Waals surface area contributed by atoms with Gasteiger partial charge >= 0.3 is 0 Å². The first-order chi connectivity index (χ1) is 4.84. The third kappa shape index (κ3) is 1.31. The summed E-state index contributed by atoms with van der Waals surface area (Å²) >= 11 is 1.14. The van der Waals surface area contributed by atoms with Crippen molar-refractivity contribution < 1.29 is 4.79 Å². The maximum Gasteiger partial charge on any atom is 0.268 e. The van der Waals surface area contributed by atoms with Crippen LogP contribution in [0.4, 0.5) is 0 Å². The summed E-state index contributed by atoms with van der Waals surface area (Å²) in [5.74, 6) is -0.635. The molecular formula is C4H2N4OS. The molecule has 5 nitrogen and oxygen atoms in total. The van der Waals surface area contributed by atoms with E-state index in [0.29, 0.717) is 0 Å². The summed E-state index contributed by atoms with van der Waals surface area (Å²) < 4.78 is 3.66. The second kappa shape index (κ2) is 2.95. The van der Waals surface area contributed by atoms with E-state index in [9.17, 15) is 4.79 Å². The summed E-state index contributed by atoms with van der Waals surface area (Å²) in [6.45, 7) is 0. The van der Waals surface area contributed by atoms with Crippen molar-refractivity contribution in [2.45, 2.75) is 0 Å². The van der Waals surface area contributed by atoms with Crippen LogP contribution in [0.25, 0.3) is 10.4 Å². The van der Waals surface area contributed by atoms with Crippen molar-refractivity contribution >= 4 is 17.4 Å². The Balaban J connectivity index is 2.87. The molecule has 1 heterocycles. The van der Waals surface area contributed by atoms with E-state index in [1.807, 2.05) is 0 Å². The molecule has 0 aliphatic heterocycles. The second-order valence-corrected chi connectivity index (χ2v) is 2.04. The molecule has 0 atom stereocenters. The van der Waals surface area contributed by atoms with Gasteiger partial charge in [0.05, 0.1) is 0 Å². The van der Waals surface area contributed by atoms with Gasteiger partial charge in [-0.15, -0.1) is 0 Å². The molecule has 0 bridgehead atoms. The summed E-state index contributed by atoms with van der Waals surface area (Å²) in [4.78, 5) is 13.0. The zero-order valence-corrected chi connectivity index (χ0v) is 5.58. The fourth-order valence-corrected chi connectivity index (χ4v) is 0.918. The lowest BCUT2D eigenvalue weighted by atomic mass is 10.4. The van der Waals surface area contributed by atoms with Crippen LogP contribution in [0.1, 0.15) is 10.5 Å². The maximum absolute atomic E-state index is 10.6. The lowest BCUT2D eigenvalue weighted by Crippen LogP contribution is -1.91. The van der Waals surface area contributed by atoms with Crippen molar-refractivity contribution in [3.8, 4) is 0 Å². The Labute approximate surface area is 60.1 Å². The van der Waals surface area contributed by atoms with Crippen LogP contribution in [-0.2, 0) is 0 Å². The molecule has 1 aromatic rings. The number of amides is 1. The summed E-state index contributed by atoms with van der Waals surface area (Å²) in [5.41, 5.74) is 8.05. The number of carbonyl (C=O) groups excluding carboxylic acids is 1. The zero-order chi connectivity index (χ0) is 7.40. The standard InChI is InChI=1S/C4H2N4OS/c5-8-6-4(9)3-1-2-10-7-3/h1-2H. The van der Waals surface area contributed by atoms with E-state index >= 15 is 0 Å². The number of carbonyl (C=O) groups is 1. The van der Waals surface area contributed by atoms with Crippen molar-refractivity contribution in [3.05, 3.63) is 27.6 Å². The molecule has 10 heavy (non-hydrogen) atoms. The third-order valence-electron chi connectivity index (χ3n) is 0.792. The van der Waals surface area contributed by atoms with Gasteiger partial charge in [0.25, 0.3) is 5.91 Å². The lowest BCUT2D eigenvalue weighted by Gasteiger charge is -1.79. The molecule has 0 saturated heterocycles. The van der Waals surface area contributed by atoms with Crippen LogP contribution in [0, 0.1) is 0 Å². The predicted molar refractivity (Wildman–Crippen MR) is 35.6 cm³/mol. The van der Waals surface area contributed by atoms with Gasteiger partial charge in [-0.3, -0.25) is 4.79 Å². The van der Waals surface area contributed by atoms with Gasteiger partial charge in [-0.05, 0) is 28.2 Å². The highest BCUT2D eigenvalue weighted by Gasteiger charge is 2.02. The van der Waals surface area contributed by atoms with Gasteiger partial charge in [-0.25, -0.2) is 0 Å². The number of nitrogens with zero attached hydrogens (tertiary/aromatic N) is 4. The van der Waals surface area contributed by atoms with Gasteiger partial charge in [-0.2, -0.15) is 4.37 Å². The average Bonchev–Trinajstić information content (AvgIpc) is 2.38. The fraction of sp³-hybridized carbons (Fsp3) is 0. The number of aromatic nitrogens is 1. The summed E-state index contributed by atoms with van der Waals surface area (Å²) in [5, 5.41) is 4.49. The van der Waals surface area contributed by atoms with Gasteiger partial charge in [-0.1, -0.05) is 0 Å². The second-order valence-electron chi connectivity index (χ2n) is 1.38. The van der Waals surface area contributed by atoms with E-state index in [1.54, 1.807) is 5.38 Å². The molecule has 0 radical (unpaired) electrons. The molecule has 1 rings (SSSR count). The lowest BCUT2D eigenvalue weighted by molar-refractivity contribution is 0.0996. The van der Waals surface area contributed by atoms with E-state index in [4.69, 9.17) is 5.53 Å². The third-order valence-corrected chi connectivity index (χ3v) is 1.35. The van der Waals surface area contributed by atoms with Crippen molar-refractivity contribution in [2.24, 2.45) is 5.11 Å². The Morgan fingerprint density at radius 3 is 3.20 bits per heavy atom. The molecule has 0 spiro atoms. The Bertz CT molecular complexity index is 273. The molecule has 0 aliphatic carbocycles. The first-order valence-electron chi connectivity index (χ1n) is 2.34. The Morgan fingerprint density at radius 2 is 2.70 bits per heavy atom. The first kappa shape index (κ1) is 6.73. The highest BCUT2D eigenvalue weighted by Crippen LogP contribution is 2.00. The highest BCUT2D eigenvalue weighted by atomic mass is 32.1. The van der Waals surface area contributed by atoms with Crippen LogP contribution in [0.2, 0.25) is 0 Å². The average molecular weight is 154 g/mol. The van der Waals surface area contributed by atoms with Crippen molar-refractivity contribution in [2.75, 3.05) is 0 Å². The molecule has 0 aromatic carbocycles. The van der Waals surface area contributed by atoms with E-state index in [-0.39, 0.29) is 5.69 Å². The van der Waals surface area contributed by atoms with Crippen molar-refractivity contribution in [1.82, 2.24) is 4.37 Å². The monoisotopic (exact) mass is 154 g/mol. The van der Waals surface area contributed by atoms with E-state index < -0.39 is 5.91 Å². The first-order valence-corrected chi connectivity index (χ1v) is 3.18. The van der Waals surface area contributed by atoms with Gasteiger partial charge < -0.3 is 0 Å². The number of rotatable bonds is 1. The minimum Gasteiger partial charge on any atom is -0.285 e. The Morgan fingerprint density at radius 1 is 1.90 bits per heavy atom. The normalized spacial score (nSPS) is 8.40. The minimum atomic E-state index is -0.635. The quantitative estimate of drug-likeness (QED) is 0.349. The van der Waals surface area contributed by atoms with Crippen LogP contribution in [0.15, 0.2) is 16.6 Å². The predicted octanol–water partition coefficient (Wildman–Crippen LogP) is 1.59. The molecule has 0 aliphatic rings. The number of hydrogen-bond donors (Lipinski definition) is 0. The molecule has 0 N–H and O–H groups in total. The summed E-state index contributed by atoms with van der Waals surface area (Å²) in [6, 6.07) is 1.50. The summed E-state index contributed by atoms with van der Waals surface area (Å²) in [6.07, 6.45) is 0. The Hall–Kier alpha value is -1.39. The highest BCUT2D eigenvalue weighted by molar-refractivity contribution is 7.03. The van der Waals surface area contributed by atoms with Gasteiger partial charge in [0.1, 0.15) is 5.69 Å². The molecular weight excluding hydrogens is 152 g/mol. The molecule has 0 unspecified atom stereocenters. The van der Waals surface area contributed by atoms with Crippen LogP contribution < -0.4 is 0 Å². The van der Waals surface area contributed by atoms with Gasteiger partial charge in [0, 0.05) is 10.3 Å². The van der Waals surface area contributed by atoms with Crippen LogP contribution >= 0.6 is 11.5 Å². The fourth-order valence-electron chi connectivity index (χ4n) is 0.415.